The summed E-state index contributed by atoms with van der Waals surface area (Å²) in [5.74, 6) is 0.259. The highest BCUT2D eigenvalue weighted by molar-refractivity contribution is 5.99. The summed E-state index contributed by atoms with van der Waals surface area (Å²) < 4.78 is 5.80. The number of Topliss-reactive ketones (excluding diaryl/α,β-unsaturated/α-hetero) is 1. The van der Waals surface area contributed by atoms with Gasteiger partial charge in [0.05, 0.1) is 5.56 Å². The molecule has 1 amide bonds. The number of rotatable bonds is 5. The van der Waals surface area contributed by atoms with Crippen molar-refractivity contribution in [2.45, 2.75) is 13.3 Å². The normalized spacial score (nSPS) is 13.3. The van der Waals surface area contributed by atoms with E-state index in [0.717, 1.165) is 18.8 Å². The predicted molar refractivity (Wildman–Crippen MR) is 88.3 cm³/mol. The molecule has 1 fully saturated rings. The van der Waals surface area contributed by atoms with Gasteiger partial charge in [-0.15, -0.1) is 0 Å². The molecule has 0 radical (unpaired) electrons. The Morgan fingerprint density at radius 1 is 1.09 bits per heavy atom. The van der Waals surface area contributed by atoms with Crippen molar-refractivity contribution in [3.05, 3.63) is 53.6 Å². The number of hydrogen-bond acceptors (Lipinski definition) is 4. The van der Waals surface area contributed by atoms with Crippen molar-refractivity contribution in [1.82, 2.24) is 0 Å². The molecule has 1 aliphatic rings. The van der Waals surface area contributed by atoms with Gasteiger partial charge >= 0.3 is 0 Å². The molecule has 1 heterocycles. The standard InChI is InChI=1S/C18H18N2O3/c1-12(21)16-8-3-13(18(19)22)11-17(16)23-15-6-4-14(5-7-15)20-9-2-10-20/h3-8,11H,2,9-10H2,1H3,(H2,19,22). The minimum absolute atomic E-state index is 0.131. The number of ketones is 1. The summed E-state index contributed by atoms with van der Waals surface area (Å²) in [6.07, 6.45) is 1.22. The molecule has 0 spiro atoms. The first-order valence-electron chi connectivity index (χ1n) is 7.52. The van der Waals surface area contributed by atoms with Gasteiger partial charge in [0.15, 0.2) is 5.78 Å². The van der Waals surface area contributed by atoms with Crippen LogP contribution in [0.25, 0.3) is 0 Å². The lowest BCUT2D eigenvalue weighted by Crippen LogP contribution is -2.36. The summed E-state index contributed by atoms with van der Waals surface area (Å²) >= 11 is 0. The number of hydrogen-bond donors (Lipinski definition) is 1. The Kier molecular flexibility index (Phi) is 4.02. The molecule has 118 valence electrons. The lowest BCUT2D eigenvalue weighted by molar-refractivity contribution is 0.0991. The van der Waals surface area contributed by atoms with E-state index in [1.165, 1.54) is 25.5 Å². The van der Waals surface area contributed by atoms with Crippen molar-refractivity contribution in [3.8, 4) is 11.5 Å². The molecule has 0 bridgehead atoms. The van der Waals surface area contributed by atoms with Crippen LogP contribution in [0.2, 0.25) is 0 Å². The highest BCUT2D eigenvalue weighted by atomic mass is 16.5. The third-order valence-corrected chi connectivity index (χ3v) is 3.93. The van der Waals surface area contributed by atoms with E-state index < -0.39 is 5.91 Å². The van der Waals surface area contributed by atoms with Crippen molar-refractivity contribution < 1.29 is 14.3 Å². The second kappa shape index (κ2) is 6.12. The molecule has 0 unspecified atom stereocenters. The topological polar surface area (TPSA) is 72.6 Å². The maximum Gasteiger partial charge on any atom is 0.248 e. The summed E-state index contributed by atoms with van der Waals surface area (Å²) in [7, 11) is 0. The fourth-order valence-electron chi connectivity index (χ4n) is 2.48. The van der Waals surface area contributed by atoms with E-state index >= 15 is 0 Å². The van der Waals surface area contributed by atoms with Gasteiger partial charge in [-0.3, -0.25) is 9.59 Å². The molecule has 2 aromatic rings. The maximum absolute atomic E-state index is 11.7. The molecule has 23 heavy (non-hydrogen) atoms. The van der Waals surface area contributed by atoms with Crippen LogP contribution in [0.5, 0.6) is 11.5 Å². The molecule has 3 rings (SSSR count). The molecule has 0 aliphatic carbocycles. The number of carbonyl (C=O) groups is 2. The van der Waals surface area contributed by atoms with Crippen molar-refractivity contribution in [2.24, 2.45) is 5.73 Å². The Bertz CT molecular complexity index is 749. The molecule has 1 saturated heterocycles. The minimum atomic E-state index is -0.557. The fraction of sp³-hybridized carbons (Fsp3) is 0.222. The minimum Gasteiger partial charge on any atom is -0.457 e. The van der Waals surface area contributed by atoms with E-state index in [2.05, 4.69) is 4.90 Å². The van der Waals surface area contributed by atoms with Gasteiger partial charge in [0.1, 0.15) is 11.5 Å². The average Bonchev–Trinajstić information content (AvgIpc) is 2.47. The fourth-order valence-corrected chi connectivity index (χ4v) is 2.48. The van der Waals surface area contributed by atoms with Crippen LogP contribution in [0, 0.1) is 0 Å². The van der Waals surface area contributed by atoms with Crippen LogP contribution in [-0.2, 0) is 0 Å². The zero-order chi connectivity index (χ0) is 16.4. The van der Waals surface area contributed by atoms with Crippen molar-refractivity contribution in [2.75, 3.05) is 18.0 Å². The quantitative estimate of drug-likeness (QED) is 0.862. The smallest absolute Gasteiger partial charge is 0.248 e. The lowest BCUT2D eigenvalue weighted by Gasteiger charge is -2.33. The summed E-state index contributed by atoms with van der Waals surface area (Å²) in [6.45, 7) is 3.61. The third kappa shape index (κ3) is 3.18. The van der Waals surface area contributed by atoms with Gasteiger partial charge in [0, 0.05) is 24.3 Å². The van der Waals surface area contributed by atoms with Gasteiger partial charge in [0.2, 0.25) is 5.91 Å². The molecule has 0 aromatic heterocycles. The summed E-state index contributed by atoms with van der Waals surface area (Å²) in [6, 6.07) is 12.3. The third-order valence-electron chi connectivity index (χ3n) is 3.93. The maximum atomic E-state index is 11.7. The second-order valence-corrected chi connectivity index (χ2v) is 5.57. The molecular weight excluding hydrogens is 292 g/mol. The first-order chi connectivity index (χ1) is 11.0. The number of anilines is 1. The van der Waals surface area contributed by atoms with Crippen LogP contribution in [-0.4, -0.2) is 24.8 Å². The predicted octanol–water partition coefficient (Wildman–Crippen LogP) is 2.99. The largest absolute Gasteiger partial charge is 0.457 e. The van der Waals surface area contributed by atoms with Gasteiger partial charge < -0.3 is 15.4 Å². The molecular formula is C18H18N2O3. The molecule has 5 heteroatoms. The monoisotopic (exact) mass is 310 g/mol. The number of carbonyl (C=O) groups excluding carboxylic acids is 2. The van der Waals surface area contributed by atoms with Crippen molar-refractivity contribution in [1.29, 1.82) is 0 Å². The second-order valence-electron chi connectivity index (χ2n) is 5.57. The average molecular weight is 310 g/mol. The first kappa shape index (κ1) is 15.1. The summed E-state index contributed by atoms with van der Waals surface area (Å²) in [5.41, 5.74) is 7.17. The van der Waals surface area contributed by atoms with Crippen LogP contribution in [0.1, 0.15) is 34.1 Å². The molecule has 0 saturated carbocycles. The molecule has 0 atom stereocenters. The zero-order valence-electron chi connectivity index (χ0n) is 12.9. The van der Waals surface area contributed by atoms with Gasteiger partial charge in [-0.2, -0.15) is 0 Å². The van der Waals surface area contributed by atoms with Gasteiger partial charge in [-0.05, 0) is 55.8 Å². The van der Waals surface area contributed by atoms with Crippen LogP contribution < -0.4 is 15.4 Å². The molecule has 2 N–H and O–H groups in total. The Morgan fingerprint density at radius 3 is 2.30 bits per heavy atom. The molecule has 1 aliphatic heterocycles. The van der Waals surface area contributed by atoms with Gasteiger partial charge in [0.25, 0.3) is 0 Å². The van der Waals surface area contributed by atoms with Crippen molar-refractivity contribution >= 4 is 17.4 Å². The Balaban J connectivity index is 1.86. The zero-order valence-corrected chi connectivity index (χ0v) is 12.9. The van der Waals surface area contributed by atoms with E-state index in [1.807, 2.05) is 24.3 Å². The number of primary amides is 1. The Labute approximate surface area is 134 Å². The van der Waals surface area contributed by atoms with Crippen LogP contribution in [0.3, 0.4) is 0 Å². The van der Waals surface area contributed by atoms with Crippen LogP contribution in [0.15, 0.2) is 42.5 Å². The highest BCUT2D eigenvalue weighted by Crippen LogP contribution is 2.29. The lowest BCUT2D eigenvalue weighted by atomic mass is 10.1. The molecule has 5 nitrogen and oxygen atoms in total. The highest BCUT2D eigenvalue weighted by Gasteiger charge is 2.15. The van der Waals surface area contributed by atoms with Crippen molar-refractivity contribution in [3.63, 3.8) is 0 Å². The van der Waals surface area contributed by atoms with E-state index in [0.29, 0.717) is 22.6 Å². The first-order valence-corrected chi connectivity index (χ1v) is 7.52. The van der Waals surface area contributed by atoms with Crippen LogP contribution in [0.4, 0.5) is 5.69 Å². The van der Waals surface area contributed by atoms with E-state index in [4.69, 9.17) is 10.5 Å². The van der Waals surface area contributed by atoms with Crippen LogP contribution >= 0.6 is 0 Å². The number of nitrogens with zero attached hydrogens (tertiary/aromatic N) is 1. The van der Waals surface area contributed by atoms with E-state index in [-0.39, 0.29) is 5.78 Å². The number of benzene rings is 2. The summed E-state index contributed by atoms with van der Waals surface area (Å²) in [5, 5.41) is 0. The Hall–Kier alpha value is -2.82. The number of nitrogens with two attached hydrogens (primary N) is 1. The Morgan fingerprint density at radius 2 is 1.78 bits per heavy atom. The van der Waals surface area contributed by atoms with E-state index in [9.17, 15) is 9.59 Å². The number of ether oxygens (including phenoxy) is 1. The van der Waals surface area contributed by atoms with Gasteiger partial charge in [-0.1, -0.05) is 0 Å². The summed E-state index contributed by atoms with van der Waals surface area (Å²) in [4.78, 5) is 25.3. The van der Waals surface area contributed by atoms with E-state index in [1.54, 1.807) is 6.07 Å². The van der Waals surface area contributed by atoms with Gasteiger partial charge in [-0.25, -0.2) is 0 Å². The molecule has 2 aromatic carbocycles. The number of amides is 1. The SMILES string of the molecule is CC(=O)c1ccc(C(N)=O)cc1Oc1ccc(N2CCC2)cc1.